The maximum absolute atomic E-state index is 12.6. The van der Waals surface area contributed by atoms with E-state index in [1.807, 2.05) is 0 Å². The summed E-state index contributed by atoms with van der Waals surface area (Å²) in [6.07, 6.45) is 3.38. The minimum Gasteiger partial charge on any atom is -0.339 e. The molecular formula is C15H30N2O. The number of amides is 1. The minimum atomic E-state index is -0.230. The Kier molecular flexibility index (Phi) is 5.64. The van der Waals surface area contributed by atoms with E-state index >= 15 is 0 Å². The molecule has 0 radical (unpaired) electrons. The Balaban J connectivity index is 2.67. The molecule has 1 fully saturated rings. The van der Waals surface area contributed by atoms with Gasteiger partial charge in [0.15, 0.2) is 0 Å². The van der Waals surface area contributed by atoms with Gasteiger partial charge >= 0.3 is 0 Å². The van der Waals surface area contributed by atoms with Crippen molar-refractivity contribution in [1.82, 2.24) is 10.2 Å². The van der Waals surface area contributed by atoms with Gasteiger partial charge in [0.1, 0.15) is 0 Å². The highest BCUT2D eigenvalue weighted by molar-refractivity contribution is 5.82. The number of hydrogen-bond acceptors (Lipinski definition) is 2. The summed E-state index contributed by atoms with van der Waals surface area (Å²) in [6, 6.07) is 0.297. The lowest BCUT2D eigenvalue weighted by Gasteiger charge is -2.37. The molecule has 18 heavy (non-hydrogen) atoms. The zero-order valence-electron chi connectivity index (χ0n) is 12.8. The van der Waals surface area contributed by atoms with Crippen molar-refractivity contribution in [3.05, 3.63) is 0 Å². The average molecular weight is 254 g/mol. The van der Waals surface area contributed by atoms with E-state index in [9.17, 15) is 4.79 Å². The third-order valence-electron chi connectivity index (χ3n) is 4.20. The van der Waals surface area contributed by atoms with Crippen molar-refractivity contribution in [3.8, 4) is 0 Å². The van der Waals surface area contributed by atoms with Crippen molar-refractivity contribution in [2.45, 2.75) is 59.9 Å². The molecule has 0 saturated carbocycles. The SMILES string of the molecule is CCC(C)(C)C(=O)N(CC1CCCNC1)C(C)C. The van der Waals surface area contributed by atoms with Gasteiger partial charge in [0, 0.05) is 18.0 Å². The fourth-order valence-corrected chi connectivity index (χ4v) is 2.43. The molecule has 1 aliphatic heterocycles. The Morgan fingerprint density at radius 3 is 2.56 bits per heavy atom. The lowest BCUT2D eigenvalue weighted by Crippen LogP contribution is -2.48. The first-order chi connectivity index (χ1) is 8.38. The van der Waals surface area contributed by atoms with Gasteiger partial charge in [-0.3, -0.25) is 4.79 Å². The first-order valence-corrected chi connectivity index (χ1v) is 7.40. The van der Waals surface area contributed by atoms with Gasteiger partial charge in [-0.15, -0.1) is 0 Å². The predicted molar refractivity (Wildman–Crippen MR) is 76.5 cm³/mol. The number of rotatable bonds is 5. The number of nitrogens with one attached hydrogen (secondary N) is 1. The molecule has 0 aromatic carbocycles. The van der Waals surface area contributed by atoms with E-state index in [1.165, 1.54) is 12.8 Å². The quantitative estimate of drug-likeness (QED) is 0.818. The van der Waals surface area contributed by atoms with Crippen LogP contribution < -0.4 is 5.32 Å². The van der Waals surface area contributed by atoms with Gasteiger partial charge in [-0.2, -0.15) is 0 Å². The summed E-state index contributed by atoms with van der Waals surface area (Å²) < 4.78 is 0. The van der Waals surface area contributed by atoms with Gasteiger partial charge in [-0.25, -0.2) is 0 Å². The number of nitrogens with zero attached hydrogens (tertiary/aromatic N) is 1. The van der Waals surface area contributed by atoms with Crippen LogP contribution in [0.25, 0.3) is 0 Å². The van der Waals surface area contributed by atoms with Crippen LogP contribution in [0.4, 0.5) is 0 Å². The van der Waals surface area contributed by atoms with Gasteiger partial charge in [0.05, 0.1) is 0 Å². The molecule has 0 spiro atoms. The molecule has 1 atom stereocenters. The van der Waals surface area contributed by atoms with E-state index < -0.39 is 0 Å². The van der Waals surface area contributed by atoms with Crippen LogP contribution in [0.3, 0.4) is 0 Å². The van der Waals surface area contributed by atoms with Crippen LogP contribution in [0.1, 0.15) is 53.9 Å². The third-order valence-corrected chi connectivity index (χ3v) is 4.20. The molecule has 3 heteroatoms. The molecule has 0 aliphatic carbocycles. The van der Waals surface area contributed by atoms with E-state index in [0.29, 0.717) is 17.9 Å². The standard InChI is InChI=1S/C15H30N2O/c1-6-15(4,5)14(18)17(12(2)3)11-13-8-7-9-16-10-13/h12-13,16H,6-11H2,1-5H3. The fourth-order valence-electron chi connectivity index (χ4n) is 2.43. The number of piperidine rings is 1. The fraction of sp³-hybridized carbons (Fsp3) is 0.933. The van der Waals surface area contributed by atoms with E-state index in [1.54, 1.807) is 0 Å². The zero-order valence-corrected chi connectivity index (χ0v) is 12.8. The normalized spacial score (nSPS) is 21.1. The maximum atomic E-state index is 12.6. The molecule has 1 heterocycles. The van der Waals surface area contributed by atoms with E-state index in [4.69, 9.17) is 0 Å². The summed E-state index contributed by atoms with van der Waals surface area (Å²) >= 11 is 0. The number of carbonyl (C=O) groups excluding carboxylic acids is 1. The second kappa shape index (κ2) is 6.55. The number of carbonyl (C=O) groups is 1. The summed E-state index contributed by atoms with van der Waals surface area (Å²) in [4.78, 5) is 14.7. The molecule has 3 nitrogen and oxygen atoms in total. The minimum absolute atomic E-state index is 0.230. The second-order valence-corrected chi connectivity index (χ2v) is 6.50. The van der Waals surface area contributed by atoms with Gasteiger partial charge in [0.25, 0.3) is 0 Å². The van der Waals surface area contributed by atoms with Crippen LogP contribution in [0, 0.1) is 11.3 Å². The van der Waals surface area contributed by atoms with Gasteiger partial charge in [-0.05, 0) is 52.1 Å². The third kappa shape index (κ3) is 3.98. The van der Waals surface area contributed by atoms with Gasteiger partial charge < -0.3 is 10.2 Å². The van der Waals surface area contributed by atoms with Crippen LogP contribution >= 0.6 is 0 Å². The Morgan fingerprint density at radius 1 is 1.44 bits per heavy atom. The first kappa shape index (κ1) is 15.5. The van der Waals surface area contributed by atoms with E-state index in [0.717, 1.165) is 26.1 Å². The molecule has 106 valence electrons. The average Bonchev–Trinajstić information content (AvgIpc) is 2.36. The molecule has 0 aromatic rings. The van der Waals surface area contributed by atoms with Gasteiger partial charge in [-0.1, -0.05) is 20.8 Å². The Labute approximate surface area is 112 Å². The van der Waals surface area contributed by atoms with Crippen molar-refractivity contribution >= 4 is 5.91 Å². The molecular weight excluding hydrogens is 224 g/mol. The topological polar surface area (TPSA) is 32.3 Å². The summed E-state index contributed by atoms with van der Waals surface area (Å²) in [5, 5.41) is 3.43. The number of hydrogen-bond donors (Lipinski definition) is 1. The Hall–Kier alpha value is -0.570. The first-order valence-electron chi connectivity index (χ1n) is 7.40. The maximum Gasteiger partial charge on any atom is 0.228 e. The van der Waals surface area contributed by atoms with Crippen LogP contribution in [-0.4, -0.2) is 36.5 Å². The monoisotopic (exact) mass is 254 g/mol. The van der Waals surface area contributed by atoms with Crippen molar-refractivity contribution in [1.29, 1.82) is 0 Å². The molecule has 1 N–H and O–H groups in total. The molecule has 1 unspecified atom stereocenters. The molecule has 1 amide bonds. The zero-order chi connectivity index (χ0) is 13.8. The lowest BCUT2D eigenvalue weighted by molar-refractivity contribution is -0.143. The smallest absolute Gasteiger partial charge is 0.228 e. The summed E-state index contributed by atoms with van der Waals surface area (Å²) in [7, 11) is 0. The largest absolute Gasteiger partial charge is 0.339 e. The Bertz CT molecular complexity index is 268. The van der Waals surface area contributed by atoms with E-state index in [-0.39, 0.29) is 5.41 Å². The van der Waals surface area contributed by atoms with Crippen molar-refractivity contribution in [3.63, 3.8) is 0 Å². The van der Waals surface area contributed by atoms with Crippen LogP contribution in [-0.2, 0) is 4.79 Å². The highest BCUT2D eigenvalue weighted by atomic mass is 16.2. The molecule has 1 rings (SSSR count). The van der Waals surface area contributed by atoms with Crippen LogP contribution in [0.5, 0.6) is 0 Å². The Morgan fingerprint density at radius 2 is 2.11 bits per heavy atom. The highest BCUT2D eigenvalue weighted by Gasteiger charge is 2.32. The molecule has 0 aromatic heterocycles. The van der Waals surface area contributed by atoms with Crippen molar-refractivity contribution < 1.29 is 4.79 Å². The van der Waals surface area contributed by atoms with Crippen molar-refractivity contribution in [2.24, 2.45) is 11.3 Å². The predicted octanol–water partition coefficient (Wildman–Crippen LogP) is 2.66. The van der Waals surface area contributed by atoms with Crippen LogP contribution in [0.2, 0.25) is 0 Å². The van der Waals surface area contributed by atoms with E-state index in [2.05, 4.69) is 44.8 Å². The summed E-state index contributed by atoms with van der Waals surface area (Å²) in [5.41, 5.74) is -0.230. The lowest BCUT2D eigenvalue weighted by atomic mass is 9.87. The van der Waals surface area contributed by atoms with Gasteiger partial charge in [0.2, 0.25) is 5.91 Å². The van der Waals surface area contributed by atoms with Crippen molar-refractivity contribution in [2.75, 3.05) is 19.6 Å². The summed E-state index contributed by atoms with van der Waals surface area (Å²) in [6.45, 7) is 13.6. The second-order valence-electron chi connectivity index (χ2n) is 6.50. The highest BCUT2D eigenvalue weighted by Crippen LogP contribution is 2.25. The summed E-state index contributed by atoms with van der Waals surface area (Å²) in [5.74, 6) is 0.934. The van der Waals surface area contributed by atoms with Crippen LogP contribution in [0.15, 0.2) is 0 Å². The molecule has 1 aliphatic rings. The molecule has 0 bridgehead atoms. The molecule has 1 saturated heterocycles.